The number of aliphatic hydroxyl groups is 1. The number of hydrogen-bond acceptors (Lipinski definition) is 15. The molecular formula is C77H150O17P2. The van der Waals surface area contributed by atoms with Gasteiger partial charge in [0.2, 0.25) is 0 Å². The van der Waals surface area contributed by atoms with Crippen molar-refractivity contribution in [2.24, 2.45) is 11.8 Å². The van der Waals surface area contributed by atoms with Crippen molar-refractivity contribution in [3.05, 3.63) is 0 Å². The summed E-state index contributed by atoms with van der Waals surface area (Å²) in [5.74, 6) is -0.543. The van der Waals surface area contributed by atoms with Crippen LogP contribution >= 0.6 is 15.6 Å². The molecule has 0 heterocycles. The summed E-state index contributed by atoms with van der Waals surface area (Å²) in [5, 5.41) is 10.6. The molecular weight excluding hydrogens is 1260 g/mol. The van der Waals surface area contributed by atoms with Gasteiger partial charge in [0, 0.05) is 25.7 Å². The number of carbonyl (C=O) groups is 4. The fraction of sp³-hybridized carbons (Fsp3) is 0.948. The highest BCUT2D eigenvalue weighted by molar-refractivity contribution is 7.47. The first kappa shape index (κ1) is 94.1. The zero-order chi connectivity index (χ0) is 70.7. The van der Waals surface area contributed by atoms with E-state index in [1.54, 1.807) is 0 Å². The van der Waals surface area contributed by atoms with Gasteiger partial charge >= 0.3 is 39.5 Å². The first-order chi connectivity index (χ1) is 46.4. The van der Waals surface area contributed by atoms with Crippen molar-refractivity contribution >= 4 is 39.5 Å². The van der Waals surface area contributed by atoms with Crippen LogP contribution in [-0.4, -0.2) is 96.7 Å². The summed E-state index contributed by atoms with van der Waals surface area (Å²) < 4.78 is 68.6. The van der Waals surface area contributed by atoms with Crippen LogP contribution in [0.15, 0.2) is 0 Å². The predicted molar refractivity (Wildman–Crippen MR) is 391 cm³/mol. The zero-order valence-electron chi connectivity index (χ0n) is 62.7. The van der Waals surface area contributed by atoms with Crippen molar-refractivity contribution in [1.82, 2.24) is 0 Å². The van der Waals surface area contributed by atoms with Crippen LogP contribution in [-0.2, 0) is 65.4 Å². The number of aliphatic hydroxyl groups excluding tert-OH is 1. The molecule has 0 aliphatic carbocycles. The van der Waals surface area contributed by atoms with Crippen molar-refractivity contribution in [2.75, 3.05) is 39.6 Å². The second-order valence-electron chi connectivity index (χ2n) is 28.7. The van der Waals surface area contributed by atoms with Crippen LogP contribution in [0, 0.1) is 11.8 Å². The van der Waals surface area contributed by atoms with Crippen molar-refractivity contribution in [3.8, 4) is 0 Å². The lowest BCUT2D eigenvalue weighted by Crippen LogP contribution is -2.30. The molecule has 0 spiro atoms. The number of esters is 4. The summed E-state index contributed by atoms with van der Waals surface area (Å²) in [5.41, 5.74) is 0. The molecule has 0 aliphatic heterocycles. The number of hydrogen-bond donors (Lipinski definition) is 3. The average molecular weight is 1410 g/mol. The third-order valence-corrected chi connectivity index (χ3v) is 19.9. The Labute approximate surface area is 588 Å². The summed E-state index contributed by atoms with van der Waals surface area (Å²) in [6.07, 6.45) is 56.7. The number of phosphoric acid groups is 2. The topological polar surface area (TPSA) is 237 Å². The van der Waals surface area contributed by atoms with Crippen LogP contribution in [0.25, 0.3) is 0 Å². The van der Waals surface area contributed by atoms with E-state index in [1.165, 1.54) is 218 Å². The molecule has 0 rings (SSSR count). The van der Waals surface area contributed by atoms with E-state index in [9.17, 15) is 43.2 Å². The molecule has 0 aliphatic rings. The Hall–Kier alpha value is -1.94. The van der Waals surface area contributed by atoms with Gasteiger partial charge in [0.1, 0.15) is 19.3 Å². The highest BCUT2D eigenvalue weighted by atomic mass is 31.2. The fourth-order valence-electron chi connectivity index (χ4n) is 11.8. The largest absolute Gasteiger partial charge is 0.472 e. The van der Waals surface area contributed by atoms with Crippen molar-refractivity contribution in [3.63, 3.8) is 0 Å². The molecule has 570 valence electrons. The monoisotopic (exact) mass is 1410 g/mol. The maximum atomic E-state index is 13.1. The maximum absolute atomic E-state index is 13.1. The van der Waals surface area contributed by atoms with Gasteiger partial charge in [-0.2, -0.15) is 0 Å². The zero-order valence-corrected chi connectivity index (χ0v) is 64.5. The van der Waals surface area contributed by atoms with Crippen LogP contribution < -0.4 is 0 Å². The van der Waals surface area contributed by atoms with E-state index in [0.717, 1.165) is 102 Å². The second kappa shape index (κ2) is 68.8. The Kier molecular flexibility index (Phi) is 67.4. The molecule has 19 heteroatoms. The molecule has 0 aromatic carbocycles. The minimum Gasteiger partial charge on any atom is -0.462 e. The Balaban J connectivity index is 5.26. The predicted octanol–water partition coefficient (Wildman–Crippen LogP) is 22.7. The molecule has 5 atom stereocenters. The number of carbonyl (C=O) groups excluding carboxylic acids is 4. The molecule has 17 nitrogen and oxygen atoms in total. The maximum Gasteiger partial charge on any atom is 0.472 e. The minimum absolute atomic E-state index is 0.107. The van der Waals surface area contributed by atoms with E-state index in [2.05, 4.69) is 41.5 Å². The SMILES string of the molecule is CCCCCCCCCCCCCCCCC(=O)O[C@H](COC(=O)CCCCCCCCCCCCC)COP(=O)(O)OC[C@H](O)COP(=O)(O)OC[C@@H](COC(=O)CCCCCCCCCCCCCCC(C)C)OC(=O)CCCCCCCCCCCCCCCC(C)C. The van der Waals surface area contributed by atoms with E-state index in [0.29, 0.717) is 25.7 Å². The molecule has 0 saturated carbocycles. The van der Waals surface area contributed by atoms with E-state index < -0.39 is 97.5 Å². The van der Waals surface area contributed by atoms with Crippen molar-refractivity contribution < 1.29 is 80.2 Å². The molecule has 0 saturated heterocycles. The fourth-order valence-corrected chi connectivity index (χ4v) is 13.4. The lowest BCUT2D eigenvalue weighted by molar-refractivity contribution is -0.161. The Morgan fingerprint density at radius 1 is 0.281 bits per heavy atom. The summed E-state index contributed by atoms with van der Waals surface area (Å²) >= 11 is 0. The van der Waals surface area contributed by atoms with Gasteiger partial charge in [-0.25, -0.2) is 9.13 Å². The molecule has 0 aromatic rings. The molecule has 0 amide bonds. The lowest BCUT2D eigenvalue weighted by atomic mass is 10.0. The van der Waals surface area contributed by atoms with Gasteiger partial charge in [-0.3, -0.25) is 37.3 Å². The van der Waals surface area contributed by atoms with Gasteiger partial charge in [0.15, 0.2) is 12.2 Å². The Morgan fingerprint density at radius 2 is 0.479 bits per heavy atom. The molecule has 3 N–H and O–H groups in total. The van der Waals surface area contributed by atoms with E-state index in [4.69, 9.17) is 37.0 Å². The average Bonchev–Trinajstić information content (AvgIpc) is 1.54. The first-order valence-corrected chi connectivity index (χ1v) is 43.0. The minimum atomic E-state index is -4.96. The van der Waals surface area contributed by atoms with Crippen LogP contribution in [0.3, 0.4) is 0 Å². The lowest BCUT2D eigenvalue weighted by Gasteiger charge is -2.21. The standard InChI is InChI=1S/C77H150O17P2/c1-7-9-11-13-15-17-19-20-23-31-37-43-49-55-61-76(81)93-72(65-87-74(79)59-53-47-41-35-27-18-16-14-12-10-8-2)67-91-95(83,84)89-63-71(78)64-90-96(85,86)92-68-73(66-88-75(80)60-54-48-42-36-30-26-25-29-34-40-46-52-58-70(5)6)94-77(82)62-56-50-44-38-32-24-21-22-28-33-39-45-51-57-69(3)4/h69-73,78H,7-68H2,1-6H3,(H,83,84)(H,85,86)/t71-,72+,73+/m0/s1. The quantitative estimate of drug-likeness (QED) is 0.0222. The molecule has 96 heavy (non-hydrogen) atoms. The number of rotatable bonds is 76. The van der Waals surface area contributed by atoms with Gasteiger partial charge in [-0.15, -0.1) is 0 Å². The Bertz CT molecular complexity index is 1860. The van der Waals surface area contributed by atoms with Crippen LogP contribution in [0.5, 0.6) is 0 Å². The highest BCUT2D eigenvalue weighted by Gasteiger charge is 2.30. The molecule has 0 radical (unpaired) electrons. The van der Waals surface area contributed by atoms with Crippen LogP contribution in [0.1, 0.15) is 401 Å². The Morgan fingerprint density at radius 3 is 0.708 bits per heavy atom. The van der Waals surface area contributed by atoms with Gasteiger partial charge in [-0.05, 0) is 37.5 Å². The van der Waals surface area contributed by atoms with Gasteiger partial charge in [0.05, 0.1) is 26.4 Å². The second-order valence-corrected chi connectivity index (χ2v) is 31.6. The summed E-state index contributed by atoms with van der Waals surface area (Å²) in [7, 11) is -9.91. The molecule has 0 bridgehead atoms. The van der Waals surface area contributed by atoms with Crippen LogP contribution in [0.4, 0.5) is 0 Å². The van der Waals surface area contributed by atoms with Gasteiger partial charge < -0.3 is 33.8 Å². The summed E-state index contributed by atoms with van der Waals surface area (Å²) in [4.78, 5) is 72.9. The first-order valence-electron chi connectivity index (χ1n) is 40.0. The third-order valence-electron chi connectivity index (χ3n) is 18.0. The third kappa shape index (κ3) is 70.5. The number of phosphoric ester groups is 2. The summed E-state index contributed by atoms with van der Waals surface area (Å²) in [6, 6.07) is 0. The van der Waals surface area contributed by atoms with Crippen LogP contribution in [0.2, 0.25) is 0 Å². The van der Waals surface area contributed by atoms with Gasteiger partial charge in [-0.1, -0.05) is 350 Å². The highest BCUT2D eigenvalue weighted by Crippen LogP contribution is 2.45. The number of unbranched alkanes of at least 4 members (excludes halogenated alkanes) is 46. The van der Waals surface area contributed by atoms with Gasteiger partial charge in [0.25, 0.3) is 0 Å². The molecule has 2 unspecified atom stereocenters. The van der Waals surface area contributed by atoms with E-state index >= 15 is 0 Å². The van der Waals surface area contributed by atoms with E-state index in [-0.39, 0.29) is 25.7 Å². The van der Waals surface area contributed by atoms with Crippen molar-refractivity contribution in [1.29, 1.82) is 0 Å². The molecule has 0 aromatic heterocycles. The van der Waals surface area contributed by atoms with Crippen molar-refractivity contribution in [2.45, 2.75) is 419 Å². The number of ether oxygens (including phenoxy) is 4. The van der Waals surface area contributed by atoms with E-state index in [1.807, 2.05) is 0 Å². The molecule has 0 fully saturated rings. The smallest absolute Gasteiger partial charge is 0.462 e. The summed E-state index contributed by atoms with van der Waals surface area (Å²) in [6.45, 7) is 9.64. The normalized spacial score (nSPS) is 14.0.